The molecule has 18 heavy (non-hydrogen) atoms. The van der Waals surface area contributed by atoms with Crippen LogP contribution in [0, 0.1) is 6.92 Å². The van der Waals surface area contributed by atoms with Gasteiger partial charge in [-0.3, -0.25) is 4.79 Å². The number of pyridine rings is 1. The van der Waals surface area contributed by atoms with Gasteiger partial charge in [0.2, 0.25) is 0 Å². The number of benzene rings is 1. The van der Waals surface area contributed by atoms with Gasteiger partial charge in [-0.1, -0.05) is 29.3 Å². The Morgan fingerprint density at radius 3 is 2.83 bits per heavy atom. The lowest BCUT2D eigenvalue weighted by Crippen LogP contribution is -2.21. The first kappa shape index (κ1) is 12.7. The maximum absolute atomic E-state index is 12.0. The third-order valence-corrected chi connectivity index (χ3v) is 3.12. The fraction of sp³-hybridized carbons (Fsp3) is 0.214. The lowest BCUT2D eigenvalue weighted by Gasteiger charge is -2.09. The predicted molar refractivity (Wildman–Crippen MR) is 72.5 cm³/mol. The first-order valence-electron chi connectivity index (χ1n) is 5.60. The van der Waals surface area contributed by atoms with E-state index in [9.17, 15) is 4.79 Å². The van der Waals surface area contributed by atoms with Crippen LogP contribution < -0.4 is 10.3 Å². The van der Waals surface area contributed by atoms with Crippen molar-refractivity contribution in [2.24, 2.45) is 0 Å². The molecule has 0 N–H and O–H groups in total. The Labute approximate surface area is 111 Å². The van der Waals surface area contributed by atoms with Gasteiger partial charge in [0.05, 0.1) is 13.7 Å². The summed E-state index contributed by atoms with van der Waals surface area (Å²) in [6, 6.07) is 9.20. The molecule has 2 rings (SSSR count). The minimum Gasteiger partial charge on any atom is -0.491 e. The normalized spacial score (nSPS) is 10.4. The van der Waals surface area contributed by atoms with Crippen LogP contribution in [0.1, 0.15) is 11.1 Å². The van der Waals surface area contributed by atoms with Gasteiger partial charge in [0.25, 0.3) is 5.56 Å². The molecule has 1 aromatic heterocycles. The molecule has 0 fully saturated rings. The van der Waals surface area contributed by atoms with Crippen molar-refractivity contribution in [3.05, 3.63) is 63.0 Å². The average Bonchev–Trinajstić information content (AvgIpc) is 2.36. The summed E-state index contributed by atoms with van der Waals surface area (Å²) < 4.78 is 6.59. The largest absolute Gasteiger partial charge is 0.491 e. The van der Waals surface area contributed by atoms with E-state index in [1.165, 1.54) is 7.11 Å². The van der Waals surface area contributed by atoms with Gasteiger partial charge in [-0.25, -0.2) is 0 Å². The van der Waals surface area contributed by atoms with Crippen LogP contribution in [0.4, 0.5) is 0 Å². The fourth-order valence-electron chi connectivity index (χ4n) is 1.80. The quantitative estimate of drug-likeness (QED) is 0.853. The first-order valence-corrected chi connectivity index (χ1v) is 5.98. The molecule has 3 nitrogen and oxygen atoms in total. The molecule has 0 aliphatic heterocycles. The number of rotatable bonds is 3. The van der Waals surface area contributed by atoms with Gasteiger partial charge in [0.15, 0.2) is 5.75 Å². The third kappa shape index (κ3) is 2.57. The van der Waals surface area contributed by atoms with Gasteiger partial charge >= 0.3 is 0 Å². The van der Waals surface area contributed by atoms with E-state index in [1.807, 2.05) is 25.1 Å². The molecule has 94 valence electrons. The van der Waals surface area contributed by atoms with Gasteiger partial charge in [-0.2, -0.15) is 0 Å². The fourth-order valence-corrected chi connectivity index (χ4v) is 1.98. The maximum atomic E-state index is 12.0. The topological polar surface area (TPSA) is 31.2 Å². The maximum Gasteiger partial charge on any atom is 0.293 e. The van der Waals surface area contributed by atoms with Crippen molar-refractivity contribution in [2.45, 2.75) is 13.5 Å². The van der Waals surface area contributed by atoms with E-state index >= 15 is 0 Å². The van der Waals surface area contributed by atoms with E-state index in [4.69, 9.17) is 16.3 Å². The Morgan fingerprint density at radius 2 is 2.11 bits per heavy atom. The molecule has 0 saturated heterocycles. The van der Waals surface area contributed by atoms with Crippen LogP contribution in [0.2, 0.25) is 5.02 Å². The lowest BCUT2D eigenvalue weighted by atomic mass is 10.1. The Morgan fingerprint density at radius 1 is 1.33 bits per heavy atom. The Balaban J connectivity index is 2.40. The number of halogens is 1. The molecule has 1 heterocycles. The van der Waals surface area contributed by atoms with Crippen LogP contribution in [0.25, 0.3) is 0 Å². The second kappa shape index (κ2) is 5.27. The summed E-state index contributed by atoms with van der Waals surface area (Å²) in [5, 5.41) is 0.662. The minimum absolute atomic E-state index is 0.155. The van der Waals surface area contributed by atoms with Gasteiger partial charge in [-0.15, -0.1) is 0 Å². The molecule has 4 heteroatoms. The van der Waals surface area contributed by atoms with Crippen molar-refractivity contribution in [1.82, 2.24) is 4.57 Å². The Bertz CT molecular complexity index is 619. The monoisotopic (exact) mass is 263 g/mol. The molecule has 0 saturated carbocycles. The molecular formula is C14H14ClNO2. The smallest absolute Gasteiger partial charge is 0.293 e. The van der Waals surface area contributed by atoms with Crippen molar-refractivity contribution in [3.8, 4) is 5.75 Å². The van der Waals surface area contributed by atoms with Gasteiger partial charge in [-0.05, 0) is 30.7 Å². The van der Waals surface area contributed by atoms with Gasteiger partial charge in [0.1, 0.15) is 0 Å². The van der Waals surface area contributed by atoms with Crippen LogP contribution >= 0.6 is 11.6 Å². The van der Waals surface area contributed by atoms with Crippen molar-refractivity contribution in [1.29, 1.82) is 0 Å². The molecule has 0 bridgehead atoms. The Hall–Kier alpha value is -1.74. The van der Waals surface area contributed by atoms with Crippen molar-refractivity contribution in [3.63, 3.8) is 0 Å². The second-order valence-electron chi connectivity index (χ2n) is 4.10. The molecule has 0 amide bonds. The van der Waals surface area contributed by atoms with Crippen molar-refractivity contribution in [2.75, 3.05) is 7.11 Å². The molecule has 2 aromatic rings. The summed E-state index contributed by atoms with van der Waals surface area (Å²) in [6.07, 6.45) is 1.73. The standard InChI is InChI=1S/C14H14ClNO2/c1-10-5-6-12(15)11(8-10)9-16-7-3-4-13(18-2)14(16)17/h3-8H,9H2,1-2H3. The molecule has 1 aromatic carbocycles. The second-order valence-corrected chi connectivity index (χ2v) is 4.51. The van der Waals surface area contributed by atoms with Crippen molar-refractivity contribution < 1.29 is 4.74 Å². The van der Waals surface area contributed by atoms with E-state index in [0.717, 1.165) is 11.1 Å². The summed E-state index contributed by atoms with van der Waals surface area (Å²) in [4.78, 5) is 12.0. The van der Waals surface area contributed by atoms with E-state index in [2.05, 4.69) is 0 Å². The van der Waals surface area contributed by atoms with Crippen LogP contribution in [0.3, 0.4) is 0 Å². The summed E-state index contributed by atoms with van der Waals surface area (Å²) >= 11 is 6.13. The van der Waals surface area contributed by atoms with E-state index < -0.39 is 0 Å². The lowest BCUT2D eigenvalue weighted by molar-refractivity contribution is 0.403. The molecule has 0 aliphatic carbocycles. The summed E-state index contributed by atoms with van der Waals surface area (Å²) in [7, 11) is 1.49. The van der Waals surface area contributed by atoms with Gasteiger partial charge < -0.3 is 9.30 Å². The molecule has 0 radical (unpaired) electrons. The summed E-state index contributed by atoms with van der Waals surface area (Å²) in [6.45, 7) is 2.44. The van der Waals surface area contributed by atoms with Crippen LogP contribution in [-0.2, 0) is 6.54 Å². The highest BCUT2D eigenvalue weighted by molar-refractivity contribution is 6.31. The molecule has 0 atom stereocenters. The number of aryl methyl sites for hydroxylation is 1. The minimum atomic E-state index is -0.155. The highest BCUT2D eigenvalue weighted by Crippen LogP contribution is 2.18. The number of methoxy groups -OCH3 is 1. The van der Waals surface area contributed by atoms with E-state index in [1.54, 1.807) is 22.9 Å². The summed E-state index contributed by atoms with van der Waals surface area (Å²) in [5.74, 6) is 0.335. The van der Waals surface area contributed by atoms with E-state index in [-0.39, 0.29) is 5.56 Å². The first-order chi connectivity index (χ1) is 8.61. The van der Waals surface area contributed by atoms with Gasteiger partial charge in [0, 0.05) is 11.2 Å². The zero-order chi connectivity index (χ0) is 13.1. The predicted octanol–water partition coefficient (Wildman–Crippen LogP) is 2.87. The molecule has 0 aliphatic rings. The molecule has 0 spiro atoms. The summed E-state index contributed by atoms with van der Waals surface area (Å²) in [5.41, 5.74) is 1.88. The third-order valence-electron chi connectivity index (χ3n) is 2.75. The highest BCUT2D eigenvalue weighted by Gasteiger charge is 2.06. The van der Waals surface area contributed by atoms with Crippen LogP contribution in [0.5, 0.6) is 5.75 Å². The molecular weight excluding hydrogens is 250 g/mol. The van der Waals surface area contributed by atoms with Crippen LogP contribution in [0.15, 0.2) is 41.3 Å². The number of hydrogen-bond acceptors (Lipinski definition) is 2. The van der Waals surface area contributed by atoms with Crippen LogP contribution in [-0.4, -0.2) is 11.7 Å². The number of hydrogen-bond donors (Lipinski definition) is 0. The zero-order valence-electron chi connectivity index (χ0n) is 10.3. The number of ether oxygens (including phenoxy) is 1. The zero-order valence-corrected chi connectivity index (χ0v) is 11.1. The number of nitrogens with zero attached hydrogens (tertiary/aromatic N) is 1. The highest BCUT2D eigenvalue weighted by atomic mass is 35.5. The SMILES string of the molecule is COc1cccn(Cc2cc(C)ccc2Cl)c1=O. The number of aromatic nitrogens is 1. The van der Waals surface area contributed by atoms with Crippen molar-refractivity contribution >= 4 is 11.6 Å². The Kier molecular flexibility index (Phi) is 3.72. The average molecular weight is 264 g/mol. The molecule has 0 unspecified atom stereocenters. The van der Waals surface area contributed by atoms with E-state index in [0.29, 0.717) is 17.3 Å².